The summed E-state index contributed by atoms with van der Waals surface area (Å²) in [5.74, 6) is -0.538. The Hall–Kier alpha value is -2.44. The maximum atomic E-state index is 14.0. The van der Waals surface area contributed by atoms with Crippen LogP contribution in [-0.2, 0) is 11.3 Å². The molecule has 3 N–H and O–H groups in total. The lowest BCUT2D eigenvalue weighted by molar-refractivity contribution is 0.0115. The molecule has 0 saturated carbocycles. The van der Waals surface area contributed by atoms with Crippen molar-refractivity contribution in [3.8, 4) is 0 Å². The number of halogens is 1. The van der Waals surface area contributed by atoms with Crippen LogP contribution < -0.4 is 5.32 Å². The van der Waals surface area contributed by atoms with Crippen molar-refractivity contribution < 1.29 is 24.1 Å². The van der Waals surface area contributed by atoms with Gasteiger partial charge in [0.15, 0.2) is 0 Å². The highest BCUT2D eigenvalue weighted by Crippen LogP contribution is 2.23. The van der Waals surface area contributed by atoms with Crippen LogP contribution in [0.25, 0.3) is 0 Å². The first-order valence-electron chi connectivity index (χ1n) is 8.04. The van der Waals surface area contributed by atoms with E-state index in [4.69, 9.17) is 4.74 Å². The fraction of sp³-hybridized carbons (Fsp3) is 0.316. The van der Waals surface area contributed by atoms with E-state index >= 15 is 0 Å². The van der Waals surface area contributed by atoms with Gasteiger partial charge in [-0.25, -0.2) is 9.18 Å². The molecule has 0 heterocycles. The molecule has 2 atom stereocenters. The Balaban J connectivity index is 1.75. The van der Waals surface area contributed by atoms with Crippen molar-refractivity contribution in [2.45, 2.75) is 32.2 Å². The average Bonchev–Trinajstić information content (AvgIpc) is 2.62. The van der Waals surface area contributed by atoms with Crippen molar-refractivity contribution in [3.05, 3.63) is 71.0 Å². The number of benzene rings is 2. The van der Waals surface area contributed by atoms with Gasteiger partial charge in [0.25, 0.3) is 0 Å². The predicted octanol–water partition coefficient (Wildman–Crippen LogP) is 2.84. The van der Waals surface area contributed by atoms with E-state index in [0.717, 1.165) is 5.56 Å². The van der Waals surface area contributed by atoms with Gasteiger partial charge < -0.3 is 20.3 Å². The van der Waals surface area contributed by atoms with Crippen LogP contribution in [0.3, 0.4) is 0 Å². The Bertz CT molecular complexity index is 693. The maximum absolute atomic E-state index is 14.0. The molecule has 0 aliphatic rings. The molecule has 0 bridgehead atoms. The number of aliphatic hydroxyl groups excluding tert-OH is 2. The van der Waals surface area contributed by atoms with Crippen LogP contribution in [0, 0.1) is 12.7 Å². The van der Waals surface area contributed by atoms with E-state index in [1.165, 1.54) is 6.07 Å². The van der Waals surface area contributed by atoms with Gasteiger partial charge in [0.2, 0.25) is 0 Å². The monoisotopic (exact) mass is 347 g/mol. The summed E-state index contributed by atoms with van der Waals surface area (Å²) in [5, 5.41) is 22.6. The van der Waals surface area contributed by atoms with Crippen molar-refractivity contribution >= 4 is 6.09 Å². The summed E-state index contributed by atoms with van der Waals surface area (Å²) in [5.41, 5.74) is 1.30. The predicted molar refractivity (Wildman–Crippen MR) is 91.4 cm³/mol. The summed E-state index contributed by atoms with van der Waals surface area (Å²) in [6, 6.07) is 13.9. The van der Waals surface area contributed by atoms with Gasteiger partial charge in [-0.15, -0.1) is 0 Å². The van der Waals surface area contributed by atoms with E-state index in [1.54, 1.807) is 19.1 Å². The fourth-order valence-electron chi connectivity index (χ4n) is 2.36. The van der Waals surface area contributed by atoms with Gasteiger partial charge in [-0.2, -0.15) is 0 Å². The Morgan fingerprint density at radius 1 is 1.16 bits per heavy atom. The highest BCUT2D eigenvalue weighted by atomic mass is 19.1. The second-order valence-electron chi connectivity index (χ2n) is 5.77. The van der Waals surface area contributed by atoms with E-state index < -0.39 is 24.1 Å². The topological polar surface area (TPSA) is 78.8 Å². The van der Waals surface area contributed by atoms with Gasteiger partial charge in [-0.3, -0.25) is 0 Å². The number of aliphatic hydroxyl groups is 2. The fourth-order valence-corrected chi connectivity index (χ4v) is 2.36. The molecule has 134 valence electrons. The molecule has 6 heteroatoms. The highest BCUT2D eigenvalue weighted by molar-refractivity contribution is 5.67. The molecule has 2 aromatic carbocycles. The van der Waals surface area contributed by atoms with E-state index in [-0.39, 0.29) is 25.1 Å². The molecule has 0 aliphatic heterocycles. The van der Waals surface area contributed by atoms with Crippen LogP contribution in [0.15, 0.2) is 48.5 Å². The van der Waals surface area contributed by atoms with Crippen molar-refractivity contribution in [1.82, 2.24) is 5.32 Å². The highest BCUT2D eigenvalue weighted by Gasteiger charge is 2.22. The molecule has 0 spiro atoms. The van der Waals surface area contributed by atoms with E-state index in [9.17, 15) is 19.4 Å². The minimum atomic E-state index is -1.36. The maximum Gasteiger partial charge on any atom is 0.407 e. The summed E-state index contributed by atoms with van der Waals surface area (Å²) < 4.78 is 19.0. The number of aryl methyl sites for hydroxylation is 1. The van der Waals surface area contributed by atoms with Crippen LogP contribution in [0.5, 0.6) is 0 Å². The number of rotatable bonds is 7. The molecule has 2 rings (SSSR count). The van der Waals surface area contributed by atoms with Gasteiger partial charge in [0, 0.05) is 12.1 Å². The first kappa shape index (κ1) is 18.9. The van der Waals surface area contributed by atoms with Gasteiger partial charge in [0.1, 0.15) is 18.5 Å². The SMILES string of the molecule is Cc1cccc(C(O)C(O)CCNC(=O)OCc2ccccc2)c1F. The third kappa shape index (κ3) is 5.55. The molecular formula is C19H22FNO4. The summed E-state index contributed by atoms with van der Waals surface area (Å²) >= 11 is 0. The van der Waals surface area contributed by atoms with Gasteiger partial charge >= 0.3 is 6.09 Å². The number of hydrogen-bond donors (Lipinski definition) is 3. The number of carbonyl (C=O) groups excluding carboxylic acids is 1. The number of amides is 1. The molecule has 5 nitrogen and oxygen atoms in total. The van der Waals surface area contributed by atoms with Gasteiger partial charge in [0.05, 0.1) is 6.10 Å². The van der Waals surface area contributed by atoms with E-state index in [1.807, 2.05) is 30.3 Å². The second-order valence-corrected chi connectivity index (χ2v) is 5.77. The molecule has 0 aliphatic carbocycles. The van der Waals surface area contributed by atoms with Crippen LogP contribution in [-0.4, -0.2) is 29.0 Å². The van der Waals surface area contributed by atoms with Crippen molar-refractivity contribution in [3.63, 3.8) is 0 Å². The van der Waals surface area contributed by atoms with Crippen molar-refractivity contribution in [2.24, 2.45) is 0 Å². The smallest absolute Gasteiger partial charge is 0.407 e. The molecule has 0 aromatic heterocycles. The Labute approximate surface area is 146 Å². The molecular weight excluding hydrogens is 325 g/mol. The Kier molecular flexibility index (Phi) is 6.91. The lowest BCUT2D eigenvalue weighted by Crippen LogP contribution is -2.30. The van der Waals surface area contributed by atoms with Gasteiger partial charge in [-0.05, 0) is 24.5 Å². The molecule has 1 amide bonds. The number of nitrogens with one attached hydrogen (secondary N) is 1. The first-order chi connectivity index (χ1) is 12.0. The number of alkyl carbamates (subject to hydrolysis) is 1. The molecule has 2 aromatic rings. The summed E-state index contributed by atoms with van der Waals surface area (Å²) in [6.45, 7) is 1.83. The van der Waals surface area contributed by atoms with Crippen molar-refractivity contribution in [2.75, 3.05) is 6.54 Å². The average molecular weight is 347 g/mol. The lowest BCUT2D eigenvalue weighted by atomic mass is 9.99. The minimum Gasteiger partial charge on any atom is -0.445 e. The molecule has 0 saturated heterocycles. The molecule has 25 heavy (non-hydrogen) atoms. The Morgan fingerprint density at radius 3 is 2.60 bits per heavy atom. The zero-order chi connectivity index (χ0) is 18.2. The van der Waals surface area contributed by atoms with Crippen LogP contribution in [0.2, 0.25) is 0 Å². The van der Waals surface area contributed by atoms with E-state index in [0.29, 0.717) is 5.56 Å². The largest absolute Gasteiger partial charge is 0.445 e. The number of ether oxygens (including phenoxy) is 1. The molecule has 0 radical (unpaired) electrons. The third-order valence-electron chi connectivity index (χ3n) is 3.83. The number of hydrogen-bond acceptors (Lipinski definition) is 4. The minimum absolute atomic E-state index is 0.0409. The zero-order valence-corrected chi connectivity index (χ0v) is 14.0. The van der Waals surface area contributed by atoms with Crippen LogP contribution in [0.4, 0.5) is 9.18 Å². The summed E-state index contributed by atoms with van der Waals surface area (Å²) in [4.78, 5) is 11.6. The lowest BCUT2D eigenvalue weighted by Gasteiger charge is -2.19. The zero-order valence-electron chi connectivity index (χ0n) is 14.0. The third-order valence-corrected chi connectivity index (χ3v) is 3.83. The first-order valence-corrected chi connectivity index (χ1v) is 8.04. The quantitative estimate of drug-likeness (QED) is 0.720. The summed E-state index contributed by atoms with van der Waals surface area (Å²) in [6.07, 6.45) is -3.12. The molecule has 2 unspecified atom stereocenters. The normalized spacial score (nSPS) is 13.1. The van der Waals surface area contributed by atoms with Crippen molar-refractivity contribution in [1.29, 1.82) is 0 Å². The molecule has 0 fully saturated rings. The van der Waals surface area contributed by atoms with Crippen LogP contribution in [0.1, 0.15) is 29.2 Å². The van der Waals surface area contributed by atoms with Crippen LogP contribution >= 0.6 is 0 Å². The van der Waals surface area contributed by atoms with E-state index in [2.05, 4.69) is 5.32 Å². The number of carbonyl (C=O) groups is 1. The van der Waals surface area contributed by atoms with Gasteiger partial charge in [-0.1, -0.05) is 48.5 Å². The second kappa shape index (κ2) is 9.15. The Morgan fingerprint density at radius 2 is 1.88 bits per heavy atom. The summed E-state index contributed by atoms with van der Waals surface area (Å²) in [7, 11) is 0. The standard InChI is InChI=1S/C19H22FNO4/c1-13-6-5-9-15(17(13)20)18(23)16(22)10-11-21-19(24)25-12-14-7-3-2-4-8-14/h2-9,16,18,22-23H,10-12H2,1H3,(H,21,24).